The van der Waals surface area contributed by atoms with Gasteiger partial charge in [0.05, 0.1) is 25.3 Å². The van der Waals surface area contributed by atoms with Crippen molar-refractivity contribution in [1.82, 2.24) is 24.6 Å². The van der Waals surface area contributed by atoms with Crippen LogP contribution in [0, 0.1) is 5.92 Å². The molecule has 13 heteroatoms. The number of pyridine rings is 1. The summed E-state index contributed by atoms with van der Waals surface area (Å²) in [5.41, 5.74) is 0.592. The Bertz CT molecular complexity index is 1610. The fourth-order valence-electron chi connectivity index (χ4n) is 6.62. The Morgan fingerprint density at radius 3 is 2.50 bits per heavy atom. The molecule has 44 heavy (non-hydrogen) atoms. The largest absolute Gasteiger partial charge is 0.416 e. The summed E-state index contributed by atoms with van der Waals surface area (Å²) in [5.74, 6) is -2.94. The minimum atomic E-state index is -4.70. The molecule has 1 aliphatic carbocycles. The molecule has 2 aromatic heterocycles. The van der Waals surface area contributed by atoms with Crippen molar-refractivity contribution in [3.63, 3.8) is 0 Å². The van der Waals surface area contributed by atoms with Gasteiger partial charge in [-0.15, -0.1) is 10.2 Å². The second-order valence-electron chi connectivity index (χ2n) is 12.9. The molecule has 0 radical (unpaired) electrons. The summed E-state index contributed by atoms with van der Waals surface area (Å²) in [5, 5.41) is 8.23. The number of fused-ring (bicyclic) bond motifs is 1. The number of piperidine rings is 1. The maximum Gasteiger partial charge on any atom is 0.416 e. The highest BCUT2D eigenvalue weighted by Crippen LogP contribution is 2.45. The van der Waals surface area contributed by atoms with E-state index in [1.807, 2.05) is 17.7 Å². The van der Waals surface area contributed by atoms with Crippen LogP contribution in [0.4, 0.5) is 27.8 Å². The number of anilines is 1. The topological polar surface area (TPSA) is 76.4 Å². The van der Waals surface area contributed by atoms with E-state index in [4.69, 9.17) is 9.72 Å². The number of ether oxygens (including phenoxy) is 1. The summed E-state index contributed by atoms with van der Waals surface area (Å²) in [6.07, 6.45) is -0.959. The number of hydrogen-bond donors (Lipinski definition) is 0. The molecule has 0 unspecified atom stereocenters. The minimum absolute atomic E-state index is 0.0221. The number of carbonyl (C=O) groups excluding carboxylic acids is 1. The smallest absolute Gasteiger partial charge is 0.379 e. The van der Waals surface area contributed by atoms with E-state index in [1.165, 1.54) is 17.9 Å². The van der Waals surface area contributed by atoms with Crippen molar-refractivity contribution in [2.24, 2.45) is 13.0 Å². The summed E-state index contributed by atoms with van der Waals surface area (Å²) in [6, 6.07) is 6.40. The molecular formula is C31H33F5N6O2. The van der Waals surface area contributed by atoms with E-state index in [0.29, 0.717) is 25.5 Å². The van der Waals surface area contributed by atoms with Crippen LogP contribution in [-0.4, -0.2) is 62.8 Å². The van der Waals surface area contributed by atoms with E-state index < -0.39 is 34.9 Å². The highest BCUT2D eigenvalue weighted by atomic mass is 19.4. The summed E-state index contributed by atoms with van der Waals surface area (Å²) < 4.78 is 78.8. The summed E-state index contributed by atoms with van der Waals surface area (Å²) in [4.78, 5) is 21.7. The van der Waals surface area contributed by atoms with Crippen LogP contribution in [-0.2, 0) is 42.9 Å². The number of likely N-dealkylation sites (tertiary alicyclic amines) is 1. The quantitative estimate of drug-likeness (QED) is 0.338. The van der Waals surface area contributed by atoms with E-state index in [1.54, 1.807) is 17.3 Å². The van der Waals surface area contributed by atoms with Gasteiger partial charge in [0.15, 0.2) is 0 Å². The fourth-order valence-corrected chi connectivity index (χ4v) is 6.62. The van der Waals surface area contributed by atoms with Gasteiger partial charge < -0.3 is 9.30 Å². The fraction of sp³-hybridized carbons (Fsp3) is 0.548. The average Bonchev–Trinajstić information content (AvgIpc) is 3.64. The normalized spacial score (nSPS) is 23.1. The van der Waals surface area contributed by atoms with Gasteiger partial charge in [-0.2, -0.15) is 13.2 Å². The molecule has 4 aliphatic rings. The number of aromatic nitrogens is 4. The SMILES string of the molecule is C[C@@H]1CN(Cc2cc3c(c(C(F)(F)F)c2)CN(c2cc(C4(Cc5nncn5C)COC4)cc(C4CC4)n2)C3=O)CCC1(F)F. The van der Waals surface area contributed by atoms with Gasteiger partial charge in [-0.3, -0.25) is 14.6 Å². The molecule has 0 N–H and O–H groups in total. The number of carbonyl (C=O) groups is 1. The predicted octanol–water partition coefficient (Wildman–Crippen LogP) is 5.25. The number of aryl methyl sites for hydroxylation is 1. The first kappa shape index (κ1) is 29.3. The van der Waals surface area contributed by atoms with Crippen molar-refractivity contribution in [3.05, 3.63) is 69.9 Å². The van der Waals surface area contributed by atoms with Crippen molar-refractivity contribution < 1.29 is 31.5 Å². The van der Waals surface area contributed by atoms with Crippen molar-refractivity contribution in [2.75, 3.05) is 31.2 Å². The van der Waals surface area contributed by atoms with Crippen molar-refractivity contribution in [3.8, 4) is 0 Å². The molecule has 1 atom stereocenters. The van der Waals surface area contributed by atoms with Gasteiger partial charge in [-0.25, -0.2) is 13.8 Å². The second-order valence-corrected chi connectivity index (χ2v) is 12.9. The molecule has 3 aromatic rings. The molecule has 1 saturated carbocycles. The number of nitrogens with zero attached hydrogens (tertiary/aromatic N) is 6. The lowest BCUT2D eigenvalue weighted by atomic mass is 9.75. The summed E-state index contributed by atoms with van der Waals surface area (Å²) in [7, 11) is 1.86. The Kier molecular flexibility index (Phi) is 6.85. The third-order valence-electron chi connectivity index (χ3n) is 9.60. The number of benzene rings is 1. The standard InChI is InChI=1S/C31H33F5N6O2/c1-18-12-41(6-5-30(18,32)33)13-19-7-22-23(24(8-19)31(34,35)36)14-42(28(22)43)26-10-21(9-25(38-26)20-3-4-20)29(15-44-16-29)11-27-39-37-17-40(27)2/h7-10,17-18,20H,3-6,11-16H2,1-2H3/t18-/m1/s1. The second kappa shape index (κ2) is 10.3. The first-order valence-electron chi connectivity index (χ1n) is 14.9. The predicted molar refractivity (Wildman–Crippen MR) is 149 cm³/mol. The van der Waals surface area contributed by atoms with Crippen LogP contribution < -0.4 is 4.90 Å². The van der Waals surface area contributed by atoms with Crippen LogP contribution in [0.1, 0.15) is 76.2 Å². The van der Waals surface area contributed by atoms with E-state index in [0.717, 1.165) is 36.0 Å². The monoisotopic (exact) mass is 616 g/mol. The van der Waals surface area contributed by atoms with Gasteiger partial charge in [-0.05, 0) is 53.8 Å². The summed E-state index contributed by atoms with van der Waals surface area (Å²) >= 11 is 0. The van der Waals surface area contributed by atoms with Gasteiger partial charge >= 0.3 is 6.18 Å². The van der Waals surface area contributed by atoms with Gasteiger partial charge in [-0.1, -0.05) is 6.92 Å². The van der Waals surface area contributed by atoms with E-state index in [-0.39, 0.29) is 55.2 Å². The molecule has 2 saturated heterocycles. The molecule has 3 aliphatic heterocycles. The van der Waals surface area contributed by atoms with Gasteiger partial charge in [0, 0.05) is 68.0 Å². The first-order chi connectivity index (χ1) is 20.8. The Labute approximate surface area is 251 Å². The number of halogens is 5. The highest BCUT2D eigenvalue weighted by molar-refractivity contribution is 6.10. The van der Waals surface area contributed by atoms with Crippen LogP contribution in [0.5, 0.6) is 0 Å². The Morgan fingerprint density at radius 1 is 1.11 bits per heavy atom. The average molecular weight is 617 g/mol. The summed E-state index contributed by atoms with van der Waals surface area (Å²) in [6.45, 7) is 2.23. The maximum absolute atomic E-state index is 14.4. The third-order valence-corrected chi connectivity index (χ3v) is 9.60. The van der Waals surface area contributed by atoms with Crippen molar-refractivity contribution in [1.29, 1.82) is 0 Å². The molecule has 0 bridgehead atoms. The number of amides is 1. The van der Waals surface area contributed by atoms with E-state index >= 15 is 0 Å². The number of rotatable bonds is 7. The molecule has 3 fully saturated rings. The van der Waals surface area contributed by atoms with Crippen LogP contribution in [0.2, 0.25) is 0 Å². The highest BCUT2D eigenvalue weighted by Gasteiger charge is 2.46. The van der Waals surface area contributed by atoms with E-state index in [9.17, 15) is 26.7 Å². The van der Waals surface area contributed by atoms with Gasteiger partial charge in [0.1, 0.15) is 18.0 Å². The van der Waals surface area contributed by atoms with Crippen LogP contribution in [0.3, 0.4) is 0 Å². The lowest BCUT2D eigenvalue weighted by Gasteiger charge is -2.42. The maximum atomic E-state index is 14.4. The first-order valence-corrected chi connectivity index (χ1v) is 14.9. The molecule has 8 nitrogen and oxygen atoms in total. The zero-order chi connectivity index (χ0) is 31.0. The number of hydrogen-bond acceptors (Lipinski definition) is 6. The van der Waals surface area contributed by atoms with Crippen molar-refractivity contribution >= 4 is 11.7 Å². The Morgan fingerprint density at radius 2 is 1.89 bits per heavy atom. The number of alkyl halides is 5. The lowest BCUT2D eigenvalue weighted by Crippen LogP contribution is -2.49. The third kappa shape index (κ3) is 5.17. The molecule has 0 spiro atoms. The zero-order valence-electron chi connectivity index (χ0n) is 24.5. The molecule has 1 aromatic carbocycles. The minimum Gasteiger partial charge on any atom is -0.379 e. The van der Waals surface area contributed by atoms with Crippen LogP contribution in [0.25, 0.3) is 0 Å². The molecule has 1 amide bonds. The lowest BCUT2D eigenvalue weighted by molar-refractivity contribution is -0.138. The molecular weight excluding hydrogens is 583 g/mol. The van der Waals surface area contributed by atoms with Crippen molar-refractivity contribution in [2.45, 2.75) is 69.1 Å². The Balaban J connectivity index is 1.23. The Hall–Kier alpha value is -3.45. The molecule has 7 rings (SSSR count). The van der Waals surface area contributed by atoms with Crippen LogP contribution in [0.15, 0.2) is 30.6 Å². The molecule has 234 valence electrons. The van der Waals surface area contributed by atoms with Gasteiger partial charge in [0.2, 0.25) is 0 Å². The van der Waals surface area contributed by atoms with E-state index in [2.05, 4.69) is 10.2 Å². The van der Waals surface area contributed by atoms with Crippen LogP contribution >= 0.6 is 0 Å². The molecule has 5 heterocycles. The van der Waals surface area contributed by atoms with Gasteiger partial charge in [0.25, 0.3) is 11.8 Å². The zero-order valence-corrected chi connectivity index (χ0v) is 24.5.